The average molecular weight is 196 g/mol. The monoisotopic (exact) mass is 196 g/mol. The second kappa shape index (κ2) is 5.52. The lowest BCUT2D eigenvalue weighted by Gasteiger charge is -2.35. The molecule has 3 N–H and O–H groups in total. The fourth-order valence-corrected chi connectivity index (χ4v) is 2.91. The molecule has 1 fully saturated rings. The van der Waals surface area contributed by atoms with Crippen LogP contribution in [0.5, 0.6) is 0 Å². The van der Waals surface area contributed by atoms with Gasteiger partial charge in [-0.2, -0.15) is 0 Å². The Morgan fingerprint density at radius 3 is 2.36 bits per heavy atom. The van der Waals surface area contributed by atoms with Gasteiger partial charge in [0, 0.05) is 6.04 Å². The van der Waals surface area contributed by atoms with Crippen LogP contribution in [0.15, 0.2) is 12.7 Å². The Balaban J connectivity index is 2.51. The van der Waals surface area contributed by atoms with Crippen LogP contribution in [0, 0.1) is 17.8 Å². The van der Waals surface area contributed by atoms with Crippen LogP contribution in [0.4, 0.5) is 0 Å². The molecule has 14 heavy (non-hydrogen) atoms. The molecule has 3 unspecified atom stereocenters. The molecule has 2 nitrogen and oxygen atoms in total. The summed E-state index contributed by atoms with van der Waals surface area (Å²) in [6, 6.07) is 0.428. The summed E-state index contributed by atoms with van der Waals surface area (Å²) >= 11 is 0. The summed E-state index contributed by atoms with van der Waals surface area (Å²) in [5.41, 5.74) is 2.94. The molecule has 0 radical (unpaired) electrons. The molecule has 82 valence electrons. The second-order valence-electron chi connectivity index (χ2n) is 4.98. The molecule has 1 aliphatic rings. The van der Waals surface area contributed by atoms with Crippen molar-refractivity contribution in [2.24, 2.45) is 23.6 Å². The first-order valence-corrected chi connectivity index (χ1v) is 5.74. The third-order valence-electron chi connectivity index (χ3n) is 3.42. The highest BCUT2D eigenvalue weighted by molar-refractivity contribution is 4.86. The van der Waals surface area contributed by atoms with Gasteiger partial charge in [-0.25, -0.2) is 0 Å². The minimum atomic E-state index is 0.428. The number of rotatable bonds is 4. The first-order valence-electron chi connectivity index (χ1n) is 5.74. The zero-order chi connectivity index (χ0) is 10.6. The molecule has 1 rings (SSSR count). The average Bonchev–Trinajstić information content (AvgIpc) is 2.12. The lowest BCUT2D eigenvalue weighted by atomic mass is 9.73. The summed E-state index contributed by atoms with van der Waals surface area (Å²) in [7, 11) is 0. The topological polar surface area (TPSA) is 38.0 Å². The van der Waals surface area contributed by atoms with E-state index in [1.807, 2.05) is 6.08 Å². The second-order valence-corrected chi connectivity index (χ2v) is 4.98. The van der Waals surface area contributed by atoms with Crippen LogP contribution in [0.25, 0.3) is 0 Å². The van der Waals surface area contributed by atoms with Crippen molar-refractivity contribution in [1.82, 2.24) is 5.43 Å². The number of nitrogens with one attached hydrogen (secondary N) is 1. The molecule has 0 aromatic heterocycles. The zero-order valence-electron chi connectivity index (χ0n) is 9.50. The van der Waals surface area contributed by atoms with Crippen LogP contribution in [-0.4, -0.2) is 6.04 Å². The van der Waals surface area contributed by atoms with Crippen molar-refractivity contribution in [2.75, 3.05) is 0 Å². The normalized spacial score (nSPS) is 35.2. The first-order chi connectivity index (χ1) is 6.67. The maximum atomic E-state index is 5.58. The van der Waals surface area contributed by atoms with E-state index in [0.29, 0.717) is 6.04 Å². The lowest BCUT2D eigenvalue weighted by molar-refractivity contribution is 0.177. The summed E-state index contributed by atoms with van der Waals surface area (Å²) in [4.78, 5) is 0. The molecule has 0 aliphatic heterocycles. The molecular weight excluding hydrogens is 172 g/mol. The molecule has 0 amide bonds. The molecular formula is C12H24N2. The fourth-order valence-electron chi connectivity index (χ4n) is 2.91. The van der Waals surface area contributed by atoms with Gasteiger partial charge < -0.3 is 0 Å². The maximum Gasteiger partial charge on any atom is 0.0273 e. The number of nitrogens with two attached hydrogens (primary N) is 1. The summed E-state index contributed by atoms with van der Waals surface area (Å²) < 4.78 is 0. The van der Waals surface area contributed by atoms with Crippen LogP contribution in [0.1, 0.15) is 39.5 Å². The largest absolute Gasteiger partial charge is 0.271 e. The highest BCUT2D eigenvalue weighted by Gasteiger charge is 2.28. The lowest BCUT2D eigenvalue weighted by Crippen LogP contribution is -2.43. The van der Waals surface area contributed by atoms with Gasteiger partial charge in [0.25, 0.3) is 0 Å². The molecule has 0 aromatic carbocycles. The molecule has 0 aromatic rings. The molecule has 0 spiro atoms. The van der Waals surface area contributed by atoms with E-state index in [1.54, 1.807) is 0 Å². The molecule has 0 saturated heterocycles. The minimum absolute atomic E-state index is 0.428. The zero-order valence-corrected chi connectivity index (χ0v) is 9.50. The van der Waals surface area contributed by atoms with Crippen LogP contribution in [0.2, 0.25) is 0 Å². The summed E-state index contributed by atoms with van der Waals surface area (Å²) in [6.07, 6.45) is 6.96. The standard InChI is InChI=1S/C12H24N2/c1-4-5-12(14-13)11-7-9(2)6-10(3)8-11/h4,9-12,14H,1,5-8,13H2,2-3H3. The van der Waals surface area contributed by atoms with E-state index in [1.165, 1.54) is 19.3 Å². The maximum absolute atomic E-state index is 5.58. The van der Waals surface area contributed by atoms with Gasteiger partial charge in [-0.3, -0.25) is 11.3 Å². The minimum Gasteiger partial charge on any atom is -0.271 e. The smallest absolute Gasteiger partial charge is 0.0273 e. The van der Waals surface area contributed by atoms with E-state index in [-0.39, 0.29) is 0 Å². The van der Waals surface area contributed by atoms with E-state index in [4.69, 9.17) is 5.84 Å². The summed E-state index contributed by atoms with van der Waals surface area (Å²) in [5, 5.41) is 0. The van der Waals surface area contributed by atoms with Crippen LogP contribution in [0.3, 0.4) is 0 Å². The quantitative estimate of drug-likeness (QED) is 0.412. The molecule has 2 heteroatoms. The number of hydrogen-bond acceptors (Lipinski definition) is 2. The molecule has 1 aliphatic carbocycles. The van der Waals surface area contributed by atoms with Crippen molar-refractivity contribution in [3.63, 3.8) is 0 Å². The van der Waals surface area contributed by atoms with Crippen LogP contribution >= 0.6 is 0 Å². The Morgan fingerprint density at radius 2 is 1.93 bits per heavy atom. The Bertz CT molecular complexity index is 169. The fraction of sp³-hybridized carbons (Fsp3) is 0.833. The summed E-state index contributed by atoms with van der Waals surface area (Å²) in [6.45, 7) is 8.49. The first kappa shape index (κ1) is 11.7. The van der Waals surface area contributed by atoms with E-state index < -0.39 is 0 Å². The van der Waals surface area contributed by atoms with Gasteiger partial charge in [-0.05, 0) is 43.4 Å². The molecule has 0 bridgehead atoms. The Labute approximate surface area is 87.9 Å². The van der Waals surface area contributed by atoms with Gasteiger partial charge in [-0.15, -0.1) is 6.58 Å². The third-order valence-corrected chi connectivity index (χ3v) is 3.42. The van der Waals surface area contributed by atoms with Crippen LogP contribution in [-0.2, 0) is 0 Å². The van der Waals surface area contributed by atoms with Crippen molar-refractivity contribution in [1.29, 1.82) is 0 Å². The van der Waals surface area contributed by atoms with E-state index in [0.717, 1.165) is 24.2 Å². The van der Waals surface area contributed by atoms with Crippen molar-refractivity contribution in [2.45, 2.75) is 45.6 Å². The Morgan fingerprint density at radius 1 is 1.36 bits per heavy atom. The van der Waals surface area contributed by atoms with Gasteiger partial charge >= 0.3 is 0 Å². The predicted octanol–water partition coefficient (Wildman–Crippen LogP) is 2.47. The van der Waals surface area contributed by atoms with Crippen molar-refractivity contribution < 1.29 is 0 Å². The van der Waals surface area contributed by atoms with Crippen LogP contribution < -0.4 is 11.3 Å². The molecule has 1 saturated carbocycles. The van der Waals surface area contributed by atoms with Gasteiger partial charge in [-0.1, -0.05) is 19.9 Å². The van der Waals surface area contributed by atoms with Gasteiger partial charge in [0.15, 0.2) is 0 Å². The number of hydrogen-bond donors (Lipinski definition) is 2. The Kier molecular flexibility index (Phi) is 4.63. The molecule has 3 atom stereocenters. The van der Waals surface area contributed by atoms with Crippen molar-refractivity contribution in [3.8, 4) is 0 Å². The van der Waals surface area contributed by atoms with E-state index in [2.05, 4.69) is 25.9 Å². The van der Waals surface area contributed by atoms with E-state index >= 15 is 0 Å². The number of hydrazine groups is 1. The van der Waals surface area contributed by atoms with Crippen molar-refractivity contribution in [3.05, 3.63) is 12.7 Å². The van der Waals surface area contributed by atoms with Gasteiger partial charge in [0.05, 0.1) is 0 Å². The summed E-state index contributed by atoms with van der Waals surface area (Å²) in [5.74, 6) is 8.02. The van der Waals surface area contributed by atoms with Crippen molar-refractivity contribution >= 4 is 0 Å². The highest BCUT2D eigenvalue weighted by Crippen LogP contribution is 2.35. The third kappa shape index (κ3) is 3.10. The van der Waals surface area contributed by atoms with Gasteiger partial charge in [0.2, 0.25) is 0 Å². The predicted molar refractivity (Wildman–Crippen MR) is 61.6 cm³/mol. The molecule has 0 heterocycles. The van der Waals surface area contributed by atoms with Gasteiger partial charge in [0.1, 0.15) is 0 Å². The Hall–Kier alpha value is -0.340. The van der Waals surface area contributed by atoms with E-state index in [9.17, 15) is 0 Å². The SMILES string of the molecule is C=CCC(NN)C1CC(C)CC(C)C1. The highest BCUT2D eigenvalue weighted by atomic mass is 15.2.